The van der Waals surface area contributed by atoms with Gasteiger partial charge in [0.05, 0.1) is 5.56 Å². The maximum absolute atomic E-state index is 11.2. The summed E-state index contributed by atoms with van der Waals surface area (Å²) in [7, 11) is 0. The monoisotopic (exact) mass is 303 g/mol. The first-order valence-corrected chi connectivity index (χ1v) is 7.46. The standard InChI is InChI=1S/C15H17N3O2S/c1-5-12-6-11(14(19)20)7-13(18-12)21-15-16-9(3)8(2)10(4)17-15/h6-7H,5H2,1-4H3,(H,19,20). The molecule has 0 saturated carbocycles. The highest BCUT2D eigenvalue weighted by Crippen LogP contribution is 2.25. The number of hydrogen-bond acceptors (Lipinski definition) is 5. The summed E-state index contributed by atoms with van der Waals surface area (Å²) in [5, 5.41) is 10.3. The number of aryl methyl sites for hydroxylation is 3. The van der Waals surface area contributed by atoms with Gasteiger partial charge in [-0.3, -0.25) is 0 Å². The van der Waals surface area contributed by atoms with Crippen LogP contribution < -0.4 is 0 Å². The Labute approximate surface area is 127 Å². The molecule has 2 rings (SSSR count). The Balaban J connectivity index is 2.39. The zero-order valence-corrected chi connectivity index (χ0v) is 13.3. The first-order valence-electron chi connectivity index (χ1n) is 6.64. The lowest BCUT2D eigenvalue weighted by Gasteiger charge is -2.08. The van der Waals surface area contributed by atoms with E-state index in [1.165, 1.54) is 11.8 Å². The molecule has 0 aliphatic rings. The fourth-order valence-electron chi connectivity index (χ4n) is 1.80. The summed E-state index contributed by atoms with van der Waals surface area (Å²) in [4.78, 5) is 24.4. The molecule has 2 aromatic heterocycles. The zero-order valence-electron chi connectivity index (χ0n) is 12.5. The van der Waals surface area contributed by atoms with Gasteiger partial charge in [0.1, 0.15) is 5.03 Å². The van der Waals surface area contributed by atoms with Gasteiger partial charge in [0, 0.05) is 17.1 Å². The molecule has 0 bridgehead atoms. The number of rotatable bonds is 4. The minimum atomic E-state index is -0.953. The quantitative estimate of drug-likeness (QED) is 0.874. The number of carboxylic acids is 1. The molecule has 6 heteroatoms. The summed E-state index contributed by atoms with van der Waals surface area (Å²) < 4.78 is 0. The van der Waals surface area contributed by atoms with Crippen LogP contribution >= 0.6 is 11.8 Å². The number of aromatic nitrogens is 3. The molecule has 21 heavy (non-hydrogen) atoms. The average molecular weight is 303 g/mol. The molecular formula is C15H17N3O2S. The summed E-state index contributed by atoms with van der Waals surface area (Å²) >= 11 is 1.29. The van der Waals surface area contributed by atoms with Crippen molar-refractivity contribution in [3.05, 3.63) is 40.3 Å². The zero-order chi connectivity index (χ0) is 15.6. The van der Waals surface area contributed by atoms with Crippen molar-refractivity contribution >= 4 is 17.7 Å². The first kappa shape index (κ1) is 15.4. The van der Waals surface area contributed by atoms with Gasteiger partial charge in [-0.25, -0.2) is 19.7 Å². The largest absolute Gasteiger partial charge is 0.478 e. The van der Waals surface area contributed by atoms with Crippen molar-refractivity contribution in [2.75, 3.05) is 0 Å². The molecule has 0 amide bonds. The van der Waals surface area contributed by atoms with Gasteiger partial charge in [-0.05, 0) is 56.7 Å². The second kappa shape index (κ2) is 6.22. The van der Waals surface area contributed by atoms with E-state index in [0.717, 1.165) is 22.6 Å². The van der Waals surface area contributed by atoms with E-state index < -0.39 is 5.97 Å². The second-order valence-electron chi connectivity index (χ2n) is 4.75. The molecule has 0 aliphatic carbocycles. The fraction of sp³-hybridized carbons (Fsp3) is 0.333. The summed E-state index contributed by atoms with van der Waals surface area (Å²) in [6.07, 6.45) is 0.682. The Hall–Kier alpha value is -1.95. The van der Waals surface area contributed by atoms with Crippen LogP contribution in [0.1, 0.15) is 39.9 Å². The highest BCUT2D eigenvalue weighted by molar-refractivity contribution is 7.99. The molecule has 0 saturated heterocycles. The van der Waals surface area contributed by atoms with Crippen molar-refractivity contribution in [3.8, 4) is 0 Å². The van der Waals surface area contributed by atoms with Crippen molar-refractivity contribution in [3.63, 3.8) is 0 Å². The molecule has 0 aliphatic heterocycles. The van der Waals surface area contributed by atoms with Crippen molar-refractivity contribution in [2.45, 2.75) is 44.3 Å². The van der Waals surface area contributed by atoms with Gasteiger partial charge in [0.2, 0.25) is 0 Å². The van der Waals surface area contributed by atoms with Gasteiger partial charge in [0.25, 0.3) is 0 Å². The third-order valence-corrected chi connectivity index (χ3v) is 4.06. The molecule has 0 aromatic carbocycles. The molecule has 0 unspecified atom stereocenters. The van der Waals surface area contributed by atoms with E-state index in [9.17, 15) is 4.79 Å². The molecule has 0 fully saturated rings. The number of carboxylic acid groups (broad SMARTS) is 1. The number of pyridine rings is 1. The number of aromatic carboxylic acids is 1. The van der Waals surface area contributed by atoms with E-state index in [4.69, 9.17) is 5.11 Å². The Morgan fingerprint density at radius 1 is 1.14 bits per heavy atom. The van der Waals surface area contributed by atoms with Crippen LogP contribution in [0.25, 0.3) is 0 Å². The van der Waals surface area contributed by atoms with Crippen LogP contribution in [0.2, 0.25) is 0 Å². The van der Waals surface area contributed by atoms with Crippen LogP contribution in [0.3, 0.4) is 0 Å². The Morgan fingerprint density at radius 2 is 1.76 bits per heavy atom. The lowest BCUT2D eigenvalue weighted by Crippen LogP contribution is -2.02. The number of nitrogens with zero attached hydrogens (tertiary/aromatic N) is 3. The first-order chi connectivity index (χ1) is 9.90. The van der Waals surface area contributed by atoms with E-state index in [1.54, 1.807) is 12.1 Å². The molecule has 2 aromatic rings. The Kier molecular flexibility index (Phi) is 4.57. The van der Waals surface area contributed by atoms with Gasteiger partial charge in [-0.15, -0.1) is 0 Å². The van der Waals surface area contributed by atoms with E-state index in [2.05, 4.69) is 15.0 Å². The van der Waals surface area contributed by atoms with Gasteiger partial charge in [0.15, 0.2) is 5.16 Å². The number of carbonyl (C=O) groups is 1. The van der Waals surface area contributed by atoms with Gasteiger partial charge < -0.3 is 5.11 Å². The molecular weight excluding hydrogens is 286 g/mol. The minimum Gasteiger partial charge on any atom is -0.478 e. The summed E-state index contributed by atoms with van der Waals surface area (Å²) in [5.74, 6) is -0.953. The van der Waals surface area contributed by atoms with Crippen molar-refractivity contribution in [1.82, 2.24) is 15.0 Å². The molecule has 0 atom stereocenters. The van der Waals surface area contributed by atoms with Crippen molar-refractivity contribution in [1.29, 1.82) is 0 Å². The summed E-state index contributed by atoms with van der Waals surface area (Å²) in [5.41, 5.74) is 3.91. The van der Waals surface area contributed by atoms with Gasteiger partial charge >= 0.3 is 5.97 Å². The highest BCUT2D eigenvalue weighted by atomic mass is 32.2. The molecule has 110 valence electrons. The van der Waals surface area contributed by atoms with E-state index >= 15 is 0 Å². The highest BCUT2D eigenvalue weighted by Gasteiger charge is 2.11. The van der Waals surface area contributed by atoms with Crippen molar-refractivity contribution in [2.24, 2.45) is 0 Å². The van der Waals surface area contributed by atoms with E-state index in [1.807, 2.05) is 27.7 Å². The molecule has 2 heterocycles. The molecule has 5 nitrogen and oxygen atoms in total. The maximum atomic E-state index is 11.2. The van der Waals surface area contributed by atoms with E-state index in [-0.39, 0.29) is 5.56 Å². The summed E-state index contributed by atoms with van der Waals surface area (Å²) in [6.45, 7) is 7.80. The van der Waals surface area contributed by atoms with Crippen LogP contribution in [0.4, 0.5) is 0 Å². The predicted molar refractivity (Wildman–Crippen MR) is 80.9 cm³/mol. The lowest BCUT2D eigenvalue weighted by atomic mass is 10.2. The third kappa shape index (κ3) is 3.58. The lowest BCUT2D eigenvalue weighted by molar-refractivity contribution is 0.0696. The second-order valence-corrected chi connectivity index (χ2v) is 5.74. The normalized spacial score (nSPS) is 10.7. The van der Waals surface area contributed by atoms with Crippen LogP contribution in [0.15, 0.2) is 22.3 Å². The van der Waals surface area contributed by atoms with E-state index in [0.29, 0.717) is 16.6 Å². The third-order valence-electron chi connectivity index (χ3n) is 3.27. The van der Waals surface area contributed by atoms with Crippen LogP contribution in [-0.4, -0.2) is 26.0 Å². The maximum Gasteiger partial charge on any atom is 0.335 e. The number of hydrogen-bond donors (Lipinski definition) is 1. The van der Waals surface area contributed by atoms with Gasteiger partial charge in [-0.2, -0.15) is 0 Å². The fourth-order valence-corrected chi connectivity index (χ4v) is 2.70. The van der Waals surface area contributed by atoms with Crippen molar-refractivity contribution < 1.29 is 9.90 Å². The van der Waals surface area contributed by atoms with Gasteiger partial charge in [-0.1, -0.05) is 6.92 Å². The van der Waals surface area contributed by atoms with Crippen LogP contribution in [0.5, 0.6) is 0 Å². The predicted octanol–water partition coefficient (Wildman–Crippen LogP) is 3.21. The summed E-state index contributed by atoms with van der Waals surface area (Å²) in [6, 6.07) is 3.15. The van der Waals surface area contributed by atoms with Crippen LogP contribution in [-0.2, 0) is 6.42 Å². The molecule has 0 spiro atoms. The smallest absolute Gasteiger partial charge is 0.335 e. The molecule has 1 N–H and O–H groups in total. The Morgan fingerprint density at radius 3 is 2.29 bits per heavy atom. The van der Waals surface area contributed by atoms with Crippen LogP contribution in [0, 0.1) is 20.8 Å². The SMILES string of the molecule is CCc1cc(C(=O)O)cc(Sc2nc(C)c(C)c(C)n2)n1. The molecule has 0 radical (unpaired) electrons. The topological polar surface area (TPSA) is 76.0 Å². The minimum absolute atomic E-state index is 0.241. The Bertz CT molecular complexity index is 678. The average Bonchev–Trinajstić information content (AvgIpc) is 2.44.